The first-order chi connectivity index (χ1) is 10.0. The van der Waals surface area contributed by atoms with E-state index in [1.165, 1.54) is 0 Å². The normalized spacial score (nSPS) is 11.8. The van der Waals surface area contributed by atoms with Gasteiger partial charge in [0, 0.05) is 4.47 Å². The predicted octanol–water partition coefficient (Wildman–Crippen LogP) is 4.01. The van der Waals surface area contributed by atoms with Crippen LogP contribution in [0.1, 0.15) is 24.1 Å². The summed E-state index contributed by atoms with van der Waals surface area (Å²) >= 11 is 3.39. The summed E-state index contributed by atoms with van der Waals surface area (Å²) in [5.41, 5.74) is 2.17. The lowest BCUT2D eigenvalue weighted by Gasteiger charge is -2.15. The van der Waals surface area contributed by atoms with E-state index in [-0.39, 0.29) is 18.6 Å². The third-order valence-electron chi connectivity index (χ3n) is 3.11. The Morgan fingerprint density at radius 3 is 2.62 bits per heavy atom. The molecule has 0 spiro atoms. The summed E-state index contributed by atoms with van der Waals surface area (Å²) in [7, 11) is 0. The lowest BCUT2D eigenvalue weighted by atomic mass is 10.1. The van der Waals surface area contributed by atoms with E-state index >= 15 is 0 Å². The third kappa shape index (κ3) is 4.90. The zero-order valence-corrected chi connectivity index (χ0v) is 13.7. The van der Waals surface area contributed by atoms with E-state index in [2.05, 4.69) is 21.2 Å². The maximum absolute atomic E-state index is 11.9. The summed E-state index contributed by atoms with van der Waals surface area (Å²) in [5, 5.41) is 2.92. The van der Waals surface area contributed by atoms with E-state index in [0.717, 1.165) is 15.6 Å². The number of nitrogens with one attached hydrogen (secondary N) is 1. The Labute approximate surface area is 133 Å². The number of rotatable bonds is 5. The summed E-state index contributed by atoms with van der Waals surface area (Å²) in [4.78, 5) is 11.9. The highest BCUT2D eigenvalue weighted by atomic mass is 79.9. The van der Waals surface area contributed by atoms with Crippen LogP contribution in [0.15, 0.2) is 53.0 Å². The van der Waals surface area contributed by atoms with Crippen molar-refractivity contribution in [1.29, 1.82) is 0 Å². The first-order valence-corrected chi connectivity index (χ1v) is 7.58. The molecule has 0 heterocycles. The van der Waals surface area contributed by atoms with Gasteiger partial charge in [-0.3, -0.25) is 4.79 Å². The van der Waals surface area contributed by atoms with Crippen molar-refractivity contribution in [2.24, 2.45) is 0 Å². The Hall–Kier alpha value is -1.81. The predicted molar refractivity (Wildman–Crippen MR) is 87.4 cm³/mol. The van der Waals surface area contributed by atoms with Gasteiger partial charge in [0.05, 0.1) is 6.04 Å². The Morgan fingerprint density at radius 1 is 1.24 bits per heavy atom. The SMILES string of the molecule is Cc1cccc(OCC(=O)N[C@H](C)c2ccc(Br)cc2)c1. The lowest BCUT2D eigenvalue weighted by Crippen LogP contribution is -2.31. The van der Waals surface area contributed by atoms with Crippen molar-refractivity contribution in [3.63, 3.8) is 0 Å². The number of hydrogen-bond donors (Lipinski definition) is 1. The van der Waals surface area contributed by atoms with E-state index < -0.39 is 0 Å². The van der Waals surface area contributed by atoms with Crippen molar-refractivity contribution in [2.45, 2.75) is 19.9 Å². The molecule has 21 heavy (non-hydrogen) atoms. The Kier molecular flexibility index (Phi) is 5.39. The average Bonchev–Trinajstić information content (AvgIpc) is 2.46. The molecule has 0 fully saturated rings. The second kappa shape index (κ2) is 7.27. The van der Waals surface area contributed by atoms with Gasteiger partial charge in [0.15, 0.2) is 6.61 Å². The molecule has 2 rings (SSSR count). The van der Waals surface area contributed by atoms with E-state index in [1.54, 1.807) is 0 Å². The molecule has 3 nitrogen and oxygen atoms in total. The van der Waals surface area contributed by atoms with Gasteiger partial charge in [0.1, 0.15) is 5.75 Å². The molecule has 0 saturated carbocycles. The Balaban J connectivity index is 1.85. The van der Waals surface area contributed by atoms with Crippen LogP contribution in [0.3, 0.4) is 0 Å². The first-order valence-electron chi connectivity index (χ1n) is 6.79. The van der Waals surface area contributed by atoms with Gasteiger partial charge < -0.3 is 10.1 Å². The fraction of sp³-hybridized carbons (Fsp3) is 0.235. The number of carbonyl (C=O) groups is 1. The molecule has 1 amide bonds. The number of hydrogen-bond acceptors (Lipinski definition) is 2. The Morgan fingerprint density at radius 2 is 1.95 bits per heavy atom. The van der Waals surface area contributed by atoms with Gasteiger partial charge in [-0.05, 0) is 49.2 Å². The minimum atomic E-state index is -0.132. The quantitative estimate of drug-likeness (QED) is 0.887. The smallest absolute Gasteiger partial charge is 0.258 e. The van der Waals surface area contributed by atoms with Crippen LogP contribution < -0.4 is 10.1 Å². The molecule has 0 radical (unpaired) electrons. The molecule has 0 saturated heterocycles. The van der Waals surface area contributed by atoms with Crippen molar-refractivity contribution in [1.82, 2.24) is 5.32 Å². The van der Waals surface area contributed by atoms with Crippen molar-refractivity contribution < 1.29 is 9.53 Å². The summed E-state index contributed by atoms with van der Waals surface area (Å²) in [6.45, 7) is 3.96. The molecule has 110 valence electrons. The molecule has 1 N–H and O–H groups in total. The van der Waals surface area contributed by atoms with E-state index in [4.69, 9.17) is 4.74 Å². The number of halogens is 1. The highest BCUT2D eigenvalue weighted by Gasteiger charge is 2.10. The van der Waals surface area contributed by atoms with Crippen molar-refractivity contribution >= 4 is 21.8 Å². The molecule has 0 aliphatic rings. The van der Waals surface area contributed by atoms with Crippen LogP contribution in [0.2, 0.25) is 0 Å². The zero-order valence-electron chi connectivity index (χ0n) is 12.1. The van der Waals surface area contributed by atoms with Crippen LogP contribution in [0.4, 0.5) is 0 Å². The van der Waals surface area contributed by atoms with Crippen molar-refractivity contribution in [3.05, 3.63) is 64.1 Å². The number of ether oxygens (including phenoxy) is 1. The number of amides is 1. The fourth-order valence-electron chi connectivity index (χ4n) is 1.97. The van der Waals surface area contributed by atoms with Gasteiger partial charge in [-0.1, -0.05) is 40.2 Å². The molecule has 0 aliphatic heterocycles. The first kappa shape index (κ1) is 15.6. The lowest BCUT2D eigenvalue weighted by molar-refractivity contribution is -0.123. The van der Waals surface area contributed by atoms with Crippen LogP contribution >= 0.6 is 15.9 Å². The monoisotopic (exact) mass is 347 g/mol. The zero-order chi connectivity index (χ0) is 15.2. The van der Waals surface area contributed by atoms with Gasteiger partial charge in [0.25, 0.3) is 5.91 Å². The number of benzene rings is 2. The van der Waals surface area contributed by atoms with Crippen LogP contribution in [0.5, 0.6) is 5.75 Å². The minimum absolute atomic E-state index is 0.0182. The molecule has 4 heteroatoms. The largest absolute Gasteiger partial charge is 0.484 e. The van der Waals surface area contributed by atoms with Gasteiger partial charge in [-0.25, -0.2) is 0 Å². The molecule has 2 aromatic carbocycles. The van der Waals surface area contributed by atoms with Crippen LogP contribution in [-0.2, 0) is 4.79 Å². The van der Waals surface area contributed by atoms with Gasteiger partial charge >= 0.3 is 0 Å². The summed E-state index contributed by atoms with van der Waals surface area (Å²) < 4.78 is 6.51. The topological polar surface area (TPSA) is 38.3 Å². The highest BCUT2D eigenvalue weighted by Crippen LogP contribution is 2.16. The molecule has 2 aromatic rings. The van der Waals surface area contributed by atoms with E-state index in [1.807, 2.05) is 62.4 Å². The Bertz CT molecular complexity index is 610. The van der Waals surface area contributed by atoms with Crippen LogP contribution in [-0.4, -0.2) is 12.5 Å². The van der Waals surface area contributed by atoms with Crippen LogP contribution in [0, 0.1) is 6.92 Å². The number of carbonyl (C=O) groups excluding carboxylic acids is 1. The molecule has 0 bridgehead atoms. The maximum atomic E-state index is 11.9. The molecular weight excluding hydrogens is 330 g/mol. The molecule has 0 unspecified atom stereocenters. The van der Waals surface area contributed by atoms with Crippen molar-refractivity contribution in [2.75, 3.05) is 6.61 Å². The highest BCUT2D eigenvalue weighted by molar-refractivity contribution is 9.10. The second-order valence-electron chi connectivity index (χ2n) is 4.95. The van der Waals surface area contributed by atoms with E-state index in [0.29, 0.717) is 5.75 Å². The van der Waals surface area contributed by atoms with Gasteiger partial charge in [0.2, 0.25) is 0 Å². The molecule has 0 aliphatic carbocycles. The standard InChI is InChI=1S/C17H18BrNO2/c1-12-4-3-5-16(10-12)21-11-17(20)19-13(2)14-6-8-15(18)9-7-14/h3-10,13H,11H2,1-2H3,(H,19,20)/t13-/m1/s1. The van der Waals surface area contributed by atoms with Crippen LogP contribution in [0.25, 0.3) is 0 Å². The molecule has 0 aromatic heterocycles. The summed E-state index contributed by atoms with van der Waals surface area (Å²) in [6.07, 6.45) is 0. The van der Waals surface area contributed by atoms with Gasteiger partial charge in [-0.15, -0.1) is 0 Å². The minimum Gasteiger partial charge on any atom is -0.484 e. The number of aryl methyl sites for hydroxylation is 1. The third-order valence-corrected chi connectivity index (χ3v) is 3.64. The molecule has 1 atom stereocenters. The van der Waals surface area contributed by atoms with Crippen molar-refractivity contribution in [3.8, 4) is 5.75 Å². The maximum Gasteiger partial charge on any atom is 0.258 e. The average molecular weight is 348 g/mol. The van der Waals surface area contributed by atoms with E-state index in [9.17, 15) is 4.79 Å². The summed E-state index contributed by atoms with van der Waals surface area (Å²) in [6, 6.07) is 15.5. The summed E-state index contributed by atoms with van der Waals surface area (Å²) in [5.74, 6) is 0.577. The second-order valence-corrected chi connectivity index (χ2v) is 5.86. The van der Waals surface area contributed by atoms with Gasteiger partial charge in [-0.2, -0.15) is 0 Å². The molecular formula is C17H18BrNO2. The fourth-order valence-corrected chi connectivity index (χ4v) is 2.24.